The fourth-order valence-corrected chi connectivity index (χ4v) is 1.08. The van der Waals surface area contributed by atoms with Crippen LogP contribution in [0.15, 0.2) is 0 Å². The summed E-state index contributed by atoms with van der Waals surface area (Å²) < 4.78 is 4.58. The van der Waals surface area contributed by atoms with E-state index in [4.69, 9.17) is 25.5 Å². The van der Waals surface area contributed by atoms with E-state index in [0.29, 0.717) is 0 Å². The summed E-state index contributed by atoms with van der Waals surface area (Å²) in [6.45, 7) is -0.526. The molecule has 0 radical (unpaired) electrons. The molecule has 1 saturated heterocycles. The predicted octanol–water partition coefficient (Wildman–Crippen LogP) is -3.22. The summed E-state index contributed by atoms with van der Waals surface area (Å²) in [6, 6.07) is 0. The molecule has 0 saturated carbocycles. The standard InChI is InChI=1S/C6H12O6/c7-1-2-3(8)4(9)5(10)6(11)12-2/h2-11H,1H2/t2-,3?,4-,5+,6?/m1/s1. The van der Waals surface area contributed by atoms with Gasteiger partial charge in [0.05, 0.1) is 6.61 Å². The van der Waals surface area contributed by atoms with Gasteiger partial charge in [0.1, 0.15) is 24.4 Å². The molecule has 0 aromatic carbocycles. The molecule has 1 aliphatic rings. The quantitative estimate of drug-likeness (QED) is 0.290. The Bertz CT molecular complexity index is 146. The van der Waals surface area contributed by atoms with Gasteiger partial charge in [-0.3, -0.25) is 0 Å². The molecule has 6 nitrogen and oxygen atoms in total. The van der Waals surface area contributed by atoms with Gasteiger partial charge < -0.3 is 30.3 Å². The van der Waals surface area contributed by atoms with Gasteiger partial charge in [0.2, 0.25) is 0 Å². The molecule has 0 spiro atoms. The molecular formula is C6H12O6. The minimum atomic E-state index is -1.57. The smallest absolute Gasteiger partial charge is 0.184 e. The maximum absolute atomic E-state index is 9.12. The van der Waals surface area contributed by atoms with Gasteiger partial charge in [0.15, 0.2) is 6.29 Å². The molecule has 1 fully saturated rings. The van der Waals surface area contributed by atoms with E-state index >= 15 is 0 Å². The summed E-state index contributed by atoms with van der Waals surface area (Å²) in [5.41, 5.74) is 0. The van der Waals surface area contributed by atoms with Gasteiger partial charge in [-0.2, -0.15) is 0 Å². The second-order valence-corrected chi connectivity index (χ2v) is 2.72. The van der Waals surface area contributed by atoms with Crippen LogP contribution in [0.2, 0.25) is 0 Å². The second kappa shape index (κ2) is 3.65. The highest BCUT2D eigenvalue weighted by Crippen LogP contribution is 2.18. The summed E-state index contributed by atoms with van der Waals surface area (Å²) in [4.78, 5) is 0. The molecule has 5 atom stereocenters. The SMILES string of the molecule is OC[C@H]1OC(O)[C@@H](O)[C@H](O)C1O. The molecule has 72 valence electrons. The fourth-order valence-electron chi connectivity index (χ4n) is 1.08. The predicted molar refractivity (Wildman–Crippen MR) is 36.0 cm³/mol. The Morgan fingerprint density at radius 2 is 1.50 bits per heavy atom. The van der Waals surface area contributed by atoms with Gasteiger partial charge in [-0.05, 0) is 0 Å². The first-order valence-corrected chi connectivity index (χ1v) is 3.56. The van der Waals surface area contributed by atoms with E-state index in [9.17, 15) is 0 Å². The van der Waals surface area contributed by atoms with Crippen molar-refractivity contribution in [1.82, 2.24) is 0 Å². The molecule has 12 heavy (non-hydrogen) atoms. The van der Waals surface area contributed by atoms with E-state index in [-0.39, 0.29) is 0 Å². The van der Waals surface area contributed by atoms with Crippen molar-refractivity contribution in [2.45, 2.75) is 30.7 Å². The molecule has 5 N–H and O–H groups in total. The lowest BCUT2D eigenvalue weighted by Crippen LogP contribution is -2.58. The zero-order valence-electron chi connectivity index (χ0n) is 6.24. The van der Waals surface area contributed by atoms with Crippen molar-refractivity contribution >= 4 is 0 Å². The van der Waals surface area contributed by atoms with E-state index in [1.807, 2.05) is 0 Å². The third kappa shape index (κ3) is 1.58. The first kappa shape index (κ1) is 9.85. The molecule has 0 bridgehead atoms. The molecular weight excluding hydrogens is 168 g/mol. The van der Waals surface area contributed by atoms with E-state index < -0.39 is 37.3 Å². The Morgan fingerprint density at radius 3 is 2.00 bits per heavy atom. The van der Waals surface area contributed by atoms with Crippen LogP contribution in [0.25, 0.3) is 0 Å². The molecule has 1 aliphatic heterocycles. The monoisotopic (exact) mass is 180 g/mol. The van der Waals surface area contributed by atoms with Gasteiger partial charge in [0.25, 0.3) is 0 Å². The Labute approximate surface area is 68.6 Å². The summed E-state index contributed by atoms with van der Waals surface area (Å²) in [5, 5.41) is 44.7. The van der Waals surface area contributed by atoms with Crippen LogP contribution in [-0.2, 0) is 4.74 Å². The molecule has 1 heterocycles. The molecule has 6 heteroatoms. The fraction of sp³-hybridized carbons (Fsp3) is 1.00. The minimum absolute atomic E-state index is 0.526. The van der Waals surface area contributed by atoms with Crippen molar-refractivity contribution in [3.05, 3.63) is 0 Å². The molecule has 0 aromatic rings. The van der Waals surface area contributed by atoms with Gasteiger partial charge >= 0.3 is 0 Å². The van der Waals surface area contributed by atoms with Gasteiger partial charge in [0, 0.05) is 0 Å². The normalized spacial score (nSPS) is 49.2. The first-order valence-electron chi connectivity index (χ1n) is 3.56. The first-order chi connectivity index (χ1) is 5.57. The number of aliphatic hydroxyl groups is 5. The summed E-state index contributed by atoms with van der Waals surface area (Å²) in [7, 11) is 0. The second-order valence-electron chi connectivity index (χ2n) is 2.72. The molecule has 1 rings (SSSR count). The van der Waals surface area contributed by atoms with Crippen molar-refractivity contribution < 1.29 is 30.3 Å². The van der Waals surface area contributed by atoms with Crippen molar-refractivity contribution in [3.63, 3.8) is 0 Å². The maximum atomic E-state index is 9.12. The molecule has 0 aliphatic carbocycles. The summed E-state index contributed by atoms with van der Waals surface area (Å²) in [6.07, 6.45) is -7.04. The number of hydrogen-bond donors (Lipinski definition) is 5. The number of rotatable bonds is 1. The van der Waals surface area contributed by atoms with Gasteiger partial charge in [-0.1, -0.05) is 0 Å². The van der Waals surface area contributed by atoms with E-state index in [0.717, 1.165) is 0 Å². The van der Waals surface area contributed by atoms with Crippen LogP contribution in [-0.4, -0.2) is 62.8 Å². The van der Waals surface area contributed by atoms with Gasteiger partial charge in [-0.25, -0.2) is 0 Å². The van der Waals surface area contributed by atoms with Crippen molar-refractivity contribution in [2.24, 2.45) is 0 Å². The van der Waals surface area contributed by atoms with Gasteiger partial charge in [-0.15, -0.1) is 0 Å². The van der Waals surface area contributed by atoms with Crippen LogP contribution in [0.1, 0.15) is 0 Å². The average Bonchev–Trinajstić information content (AvgIpc) is 2.08. The Morgan fingerprint density at radius 1 is 0.917 bits per heavy atom. The number of aliphatic hydroxyl groups excluding tert-OH is 5. The topological polar surface area (TPSA) is 110 Å². The van der Waals surface area contributed by atoms with E-state index in [2.05, 4.69) is 4.74 Å². The van der Waals surface area contributed by atoms with Crippen molar-refractivity contribution in [2.75, 3.05) is 6.61 Å². The van der Waals surface area contributed by atoms with Crippen LogP contribution >= 0.6 is 0 Å². The maximum Gasteiger partial charge on any atom is 0.184 e. The zero-order chi connectivity index (χ0) is 9.30. The lowest BCUT2D eigenvalue weighted by Gasteiger charge is -2.37. The highest BCUT2D eigenvalue weighted by atomic mass is 16.6. The van der Waals surface area contributed by atoms with Crippen LogP contribution in [0.4, 0.5) is 0 Å². The van der Waals surface area contributed by atoms with Crippen LogP contribution in [0.3, 0.4) is 0 Å². The lowest BCUT2D eigenvalue weighted by atomic mass is 10.00. The average molecular weight is 180 g/mol. The molecule has 0 amide bonds. The van der Waals surface area contributed by atoms with Crippen LogP contribution in [0, 0.1) is 0 Å². The number of hydrogen-bond acceptors (Lipinski definition) is 6. The van der Waals surface area contributed by atoms with Crippen molar-refractivity contribution in [3.8, 4) is 0 Å². The number of ether oxygens (including phenoxy) is 1. The molecule has 2 unspecified atom stereocenters. The Balaban J connectivity index is 2.63. The van der Waals surface area contributed by atoms with Crippen LogP contribution in [0.5, 0.6) is 0 Å². The third-order valence-corrected chi connectivity index (χ3v) is 1.87. The Kier molecular flexibility index (Phi) is 2.99. The largest absolute Gasteiger partial charge is 0.394 e. The summed E-state index contributed by atoms with van der Waals surface area (Å²) in [5.74, 6) is 0. The zero-order valence-corrected chi connectivity index (χ0v) is 6.24. The summed E-state index contributed by atoms with van der Waals surface area (Å²) >= 11 is 0. The highest BCUT2D eigenvalue weighted by molar-refractivity contribution is 4.87. The third-order valence-electron chi connectivity index (χ3n) is 1.87. The molecule has 0 aromatic heterocycles. The highest BCUT2D eigenvalue weighted by Gasteiger charge is 2.42. The van der Waals surface area contributed by atoms with E-state index in [1.165, 1.54) is 0 Å². The van der Waals surface area contributed by atoms with Crippen molar-refractivity contribution in [1.29, 1.82) is 0 Å². The van der Waals surface area contributed by atoms with Crippen LogP contribution < -0.4 is 0 Å². The minimum Gasteiger partial charge on any atom is -0.394 e. The van der Waals surface area contributed by atoms with E-state index in [1.54, 1.807) is 0 Å². The lowest BCUT2D eigenvalue weighted by molar-refractivity contribution is -0.286. The Hall–Kier alpha value is -0.240.